The molecule has 0 spiro atoms. The van der Waals surface area contributed by atoms with Gasteiger partial charge in [-0.25, -0.2) is 14.6 Å². The molecule has 1 aliphatic heterocycles. The number of aromatic nitrogens is 6. The molecule has 0 atom stereocenters. The zero-order valence-electron chi connectivity index (χ0n) is 17.0. The molecule has 0 unspecified atom stereocenters. The highest BCUT2D eigenvalue weighted by Crippen LogP contribution is 2.41. The van der Waals surface area contributed by atoms with Crippen molar-refractivity contribution in [3.63, 3.8) is 0 Å². The Kier molecular flexibility index (Phi) is 4.87. The van der Waals surface area contributed by atoms with E-state index in [2.05, 4.69) is 15.2 Å². The average molecular weight is 436 g/mol. The smallest absolute Gasteiger partial charge is 0.212 e. The number of carbonyl (C=O) groups excluding carboxylic acids is 1. The summed E-state index contributed by atoms with van der Waals surface area (Å²) >= 11 is 1.32. The monoisotopic (exact) mass is 436 g/mol. The lowest BCUT2D eigenvalue weighted by molar-refractivity contribution is 0.0929. The maximum atomic E-state index is 12.8. The van der Waals surface area contributed by atoms with E-state index in [4.69, 9.17) is 14.8 Å². The maximum Gasteiger partial charge on any atom is 0.212 e. The first-order chi connectivity index (χ1) is 15.0. The number of aliphatic hydroxyl groups excluding tert-OH is 1. The van der Waals surface area contributed by atoms with Crippen LogP contribution in [0, 0.1) is 0 Å². The lowest BCUT2D eigenvalue weighted by Gasteiger charge is -2.09. The van der Waals surface area contributed by atoms with Crippen molar-refractivity contribution >= 4 is 17.1 Å². The molecule has 4 heterocycles. The molecule has 4 aromatic rings. The first-order valence-corrected chi connectivity index (χ1v) is 10.7. The lowest BCUT2D eigenvalue weighted by atomic mass is 10.0. The van der Waals surface area contributed by atoms with Crippen LogP contribution < -0.4 is 4.74 Å². The van der Waals surface area contributed by atoms with Gasteiger partial charge >= 0.3 is 0 Å². The predicted molar refractivity (Wildman–Crippen MR) is 115 cm³/mol. The SMILES string of the molecule is CC(C)n1ncnc1-c1nc2c(s1)C(=O)COc1cc(-c3cnn(CCO)c3)ccc1-2. The number of nitrogens with zero attached hydrogens (tertiary/aromatic N) is 6. The second kappa shape index (κ2) is 7.71. The van der Waals surface area contributed by atoms with E-state index in [1.807, 2.05) is 38.2 Å². The van der Waals surface area contributed by atoms with Crippen LogP contribution in [0.4, 0.5) is 0 Å². The average Bonchev–Trinajstić information content (AvgIpc) is 3.49. The van der Waals surface area contributed by atoms with Crippen molar-refractivity contribution in [1.82, 2.24) is 29.5 Å². The van der Waals surface area contributed by atoms with Crippen molar-refractivity contribution < 1.29 is 14.6 Å². The summed E-state index contributed by atoms with van der Waals surface area (Å²) in [4.78, 5) is 22.5. The van der Waals surface area contributed by atoms with Gasteiger partial charge in [0, 0.05) is 23.4 Å². The second-order valence-corrected chi connectivity index (χ2v) is 8.46. The van der Waals surface area contributed by atoms with Gasteiger partial charge in [0.1, 0.15) is 17.0 Å². The third-order valence-electron chi connectivity index (χ3n) is 5.03. The van der Waals surface area contributed by atoms with Crippen LogP contribution >= 0.6 is 11.3 Å². The molecule has 0 aliphatic carbocycles. The van der Waals surface area contributed by atoms with Crippen LogP contribution in [0.5, 0.6) is 5.75 Å². The highest BCUT2D eigenvalue weighted by molar-refractivity contribution is 7.17. The molecule has 5 rings (SSSR count). The first kappa shape index (κ1) is 19.6. The maximum absolute atomic E-state index is 12.8. The van der Waals surface area contributed by atoms with E-state index in [-0.39, 0.29) is 25.0 Å². The molecule has 0 saturated heterocycles. The summed E-state index contributed by atoms with van der Waals surface area (Å²) in [5.41, 5.74) is 3.19. The third kappa shape index (κ3) is 3.43. The number of aliphatic hydroxyl groups is 1. The van der Waals surface area contributed by atoms with Gasteiger partial charge in [-0.05, 0) is 31.5 Å². The Labute approximate surface area is 182 Å². The minimum atomic E-state index is -0.108. The Bertz CT molecular complexity index is 1270. The van der Waals surface area contributed by atoms with Crippen molar-refractivity contribution in [1.29, 1.82) is 0 Å². The molecule has 158 valence electrons. The normalized spacial score (nSPS) is 13.1. The molecule has 0 amide bonds. The number of fused-ring (bicyclic) bond motifs is 3. The predicted octanol–water partition coefficient (Wildman–Crippen LogP) is 3.08. The van der Waals surface area contributed by atoms with Crippen LogP contribution in [0.2, 0.25) is 0 Å². The number of hydrogen-bond donors (Lipinski definition) is 1. The minimum absolute atomic E-state index is 0.0238. The number of thiazole rings is 1. The molecule has 0 fully saturated rings. The fourth-order valence-electron chi connectivity index (χ4n) is 3.53. The van der Waals surface area contributed by atoms with Gasteiger partial charge in [-0.3, -0.25) is 9.48 Å². The molecule has 0 bridgehead atoms. The summed E-state index contributed by atoms with van der Waals surface area (Å²) in [6.07, 6.45) is 5.11. The molecule has 0 saturated carbocycles. The van der Waals surface area contributed by atoms with Crippen LogP contribution in [0.3, 0.4) is 0 Å². The number of hydrogen-bond acceptors (Lipinski definition) is 8. The molecule has 31 heavy (non-hydrogen) atoms. The fourth-order valence-corrected chi connectivity index (χ4v) is 4.52. The quantitative estimate of drug-likeness (QED) is 0.512. The van der Waals surface area contributed by atoms with E-state index in [9.17, 15) is 4.79 Å². The zero-order chi connectivity index (χ0) is 21.5. The number of Topliss-reactive ketones (excluding diaryl/α,β-unsaturated/α-hetero) is 1. The van der Waals surface area contributed by atoms with Crippen molar-refractivity contribution in [2.45, 2.75) is 26.4 Å². The molecule has 1 aliphatic rings. The summed E-state index contributed by atoms with van der Waals surface area (Å²) in [5, 5.41) is 18.3. The summed E-state index contributed by atoms with van der Waals surface area (Å²) < 4.78 is 9.31. The number of ketones is 1. The van der Waals surface area contributed by atoms with Gasteiger partial charge in [0.05, 0.1) is 25.0 Å². The Morgan fingerprint density at radius 3 is 2.94 bits per heavy atom. The van der Waals surface area contributed by atoms with Gasteiger partial charge in [-0.15, -0.1) is 11.3 Å². The summed E-state index contributed by atoms with van der Waals surface area (Å²) in [5.74, 6) is 1.14. The Morgan fingerprint density at radius 1 is 1.26 bits per heavy atom. The van der Waals surface area contributed by atoms with Crippen LogP contribution in [0.25, 0.3) is 33.2 Å². The van der Waals surface area contributed by atoms with E-state index >= 15 is 0 Å². The van der Waals surface area contributed by atoms with Gasteiger partial charge in [0.25, 0.3) is 0 Å². The molecule has 9 nitrogen and oxygen atoms in total. The Balaban J connectivity index is 1.58. The van der Waals surface area contributed by atoms with E-state index in [0.29, 0.717) is 33.7 Å². The van der Waals surface area contributed by atoms with Crippen molar-refractivity contribution in [3.8, 4) is 39.0 Å². The molecule has 3 aromatic heterocycles. The summed E-state index contributed by atoms with van der Waals surface area (Å²) in [6.45, 7) is 4.45. The molecule has 0 radical (unpaired) electrons. The van der Waals surface area contributed by atoms with Gasteiger partial charge in [-0.2, -0.15) is 10.2 Å². The Hall–Kier alpha value is -3.37. The van der Waals surface area contributed by atoms with Gasteiger partial charge in [0.15, 0.2) is 17.4 Å². The van der Waals surface area contributed by atoms with E-state index in [1.54, 1.807) is 15.6 Å². The number of benzene rings is 1. The fraction of sp³-hybridized carbons (Fsp3) is 0.286. The van der Waals surface area contributed by atoms with E-state index < -0.39 is 0 Å². The van der Waals surface area contributed by atoms with Crippen LogP contribution in [0.1, 0.15) is 29.6 Å². The standard InChI is InChI=1S/C21H20N6O3S/c1-12(2)27-20(22-11-24-27)21-25-18-15-4-3-13(14-8-23-26(9-14)5-6-28)7-17(15)30-10-16(29)19(18)31-21/h3-4,7-9,11-12,28H,5-6,10H2,1-2H3. The zero-order valence-corrected chi connectivity index (χ0v) is 17.8. The van der Waals surface area contributed by atoms with E-state index in [1.165, 1.54) is 17.7 Å². The lowest BCUT2D eigenvalue weighted by Crippen LogP contribution is -2.08. The van der Waals surface area contributed by atoms with Crippen LogP contribution in [-0.4, -0.2) is 53.6 Å². The molecule has 1 aromatic carbocycles. The minimum Gasteiger partial charge on any atom is -0.485 e. The van der Waals surface area contributed by atoms with Crippen LogP contribution in [-0.2, 0) is 6.54 Å². The second-order valence-electron chi connectivity index (χ2n) is 7.46. The number of ether oxygens (including phenoxy) is 1. The third-order valence-corrected chi connectivity index (χ3v) is 6.12. The van der Waals surface area contributed by atoms with Gasteiger partial charge in [0.2, 0.25) is 5.78 Å². The van der Waals surface area contributed by atoms with E-state index in [0.717, 1.165) is 16.7 Å². The molecule has 1 N–H and O–H groups in total. The number of rotatable bonds is 5. The topological polar surface area (TPSA) is 108 Å². The van der Waals surface area contributed by atoms with Crippen molar-refractivity contribution in [2.24, 2.45) is 0 Å². The first-order valence-electron chi connectivity index (χ1n) is 9.90. The van der Waals surface area contributed by atoms with Crippen molar-refractivity contribution in [3.05, 3.63) is 41.8 Å². The number of carbonyl (C=O) groups is 1. The Morgan fingerprint density at radius 2 is 2.13 bits per heavy atom. The van der Waals surface area contributed by atoms with Gasteiger partial charge in [-0.1, -0.05) is 6.07 Å². The summed E-state index contributed by atoms with van der Waals surface area (Å²) in [7, 11) is 0. The molecular weight excluding hydrogens is 416 g/mol. The molecule has 10 heteroatoms. The largest absolute Gasteiger partial charge is 0.485 e. The summed E-state index contributed by atoms with van der Waals surface area (Å²) in [6, 6.07) is 5.90. The highest BCUT2D eigenvalue weighted by Gasteiger charge is 2.28. The van der Waals surface area contributed by atoms with Crippen molar-refractivity contribution in [2.75, 3.05) is 13.2 Å². The highest BCUT2D eigenvalue weighted by atomic mass is 32.1. The van der Waals surface area contributed by atoms with Crippen LogP contribution in [0.15, 0.2) is 36.9 Å². The molecular formula is C21H20N6O3S. The van der Waals surface area contributed by atoms with Gasteiger partial charge < -0.3 is 9.84 Å².